The molecule has 1 aromatic rings. The number of rotatable bonds is 3. The number of anilines is 1. The molecule has 0 spiro atoms. The molecule has 0 aliphatic heterocycles. The van der Waals surface area contributed by atoms with Gasteiger partial charge in [-0.1, -0.05) is 13.3 Å². The number of hydrogen-bond donors (Lipinski definition) is 1. The Labute approximate surface area is 112 Å². The largest absolute Gasteiger partial charge is 0.381 e. The molecule has 0 amide bonds. The summed E-state index contributed by atoms with van der Waals surface area (Å²) in [5.41, 5.74) is 2.35. The first-order chi connectivity index (χ1) is 8.19. The van der Waals surface area contributed by atoms with Gasteiger partial charge in [0, 0.05) is 6.04 Å². The summed E-state index contributed by atoms with van der Waals surface area (Å²) in [7, 11) is 0. The van der Waals surface area contributed by atoms with Crippen LogP contribution in [0, 0.1) is 12.8 Å². The van der Waals surface area contributed by atoms with Crippen molar-refractivity contribution in [2.75, 3.05) is 5.32 Å². The minimum Gasteiger partial charge on any atom is -0.381 e. The van der Waals surface area contributed by atoms with Crippen LogP contribution < -0.4 is 5.32 Å². The van der Waals surface area contributed by atoms with Crippen LogP contribution in [0.3, 0.4) is 0 Å². The van der Waals surface area contributed by atoms with Crippen molar-refractivity contribution in [2.24, 2.45) is 5.92 Å². The van der Waals surface area contributed by atoms with Crippen molar-refractivity contribution in [3.63, 3.8) is 0 Å². The second-order valence-corrected chi connectivity index (χ2v) is 5.85. The Bertz CT molecular complexity index is 370. The molecule has 0 radical (unpaired) electrons. The summed E-state index contributed by atoms with van der Waals surface area (Å²) in [6.07, 6.45) is 8.60. The number of aryl methyl sites for hydroxylation is 1. The summed E-state index contributed by atoms with van der Waals surface area (Å²) in [6.45, 7) is 4.39. The number of nitrogens with one attached hydrogen (secondary N) is 1. The standard InChI is InChI=1S/C14H21BrN2/c1-3-11-4-6-12(7-5-11)17-13-8-10(2)14(15)16-9-13/h8-9,11-12,17H,3-7H2,1-2H3. The summed E-state index contributed by atoms with van der Waals surface area (Å²) in [5, 5.41) is 3.61. The fraction of sp³-hybridized carbons (Fsp3) is 0.643. The maximum Gasteiger partial charge on any atom is 0.109 e. The molecule has 1 heterocycles. The zero-order valence-corrected chi connectivity index (χ0v) is 12.3. The van der Waals surface area contributed by atoms with Gasteiger partial charge in [-0.05, 0) is 66.1 Å². The molecule has 1 N–H and O–H groups in total. The second-order valence-electron chi connectivity index (χ2n) is 5.10. The van der Waals surface area contributed by atoms with Crippen LogP contribution in [-0.4, -0.2) is 11.0 Å². The Morgan fingerprint density at radius 3 is 2.65 bits per heavy atom. The van der Waals surface area contributed by atoms with Gasteiger partial charge in [-0.2, -0.15) is 0 Å². The van der Waals surface area contributed by atoms with Gasteiger partial charge in [0.2, 0.25) is 0 Å². The molecular formula is C14H21BrN2. The van der Waals surface area contributed by atoms with E-state index >= 15 is 0 Å². The lowest BCUT2D eigenvalue weighted by molar-refractivity contribution is 0.330. The Kier molecular flexibility index (Phi) is 4.43. The van der Waals surface area contributed by atoms with E-state index in [0.29, 0.717) is 6.04 Å². The predicted molar refractivity (Wildman–Crippen MR) is 76.3 cm³/mol. The first-order valence-corrected chi connectivity index (χ1v) is 7.37. The minimum absolute atomic E-state index is 0.639. The Morgan fingerprint density at radius 1 is 1.35 bits per heavy atom. The van der Waals surface area contributed by atoms with Gasteiger partial charge in [0.05, 0.1) is 11.9 Å². The van der Waals surface area contributed by atoms with Crippen molar-refractivity contribution in [3.05, 3.63) is 22.4 Å². The van der Waals surface area contributed by atoms with Crippen LogP contribution in [-0.2, 0) is 0 Å². The highest BCUT2D eigenvalue weighted by Gasteiger charge is 2.19. The topological polar surface area (TPSA) is 24.9 Å². The van der Waals surface area contributed by atoms with Crippen LogP contribution in [0.15, 0.2) is 16.9 Å². The zero-order valence-electron chi connectivity index (χ0n) is 10.7. The average molecular weight is 297 g/mol. The van der Waals surface area contributed by atoms with E-state index in [1.54, 1.807) is 0 Å². The number of halogens is 1. The molecular weight excluding hydrogens is 276 g/mol. The van der Waals surface area contributed by atoms with Gasteiger partial charge in [0.15, 0.2) is 0 Å². The molecule has 2 rings (SSSR count). The molecule has 3 heteroatoms. The lowest BCUT2D eigenvalue weighted by Gasteiger charge is -2.29. The fourth-order valence-corrected chi connectivity index (χ4v) is 2.80. The summed E-state index contributed by atoms with van der Waals surface area (Å²) < 4.78 is 0.942. The van der Waals surface area contributed by atoms with E-state index in [4.69, 9.17) is 0 Å². The van der Waals surface area contributed by atoms with E-state index in [9.17, 15) is 0 Å². The van der Waals surface area contributed by atoms with Crippen LogP contribution >= 0.6 is 15.9 Å². The predicted octanol–water partition coefficient (Wildman–Crippen LogP) is 4.53. The SMILES string of the molecule is CCC1CCC(Nc2cnc(Br)c(C)c2)CC1. The molecule has 94 valence electrons. The monoisotopic (exact) mass is 296 g/mol. The Hall–Kier alpha value is -0.570. The molecule has 1 aliphatic carbocycles. The molecule has 2 nitrogen and oxygen atoms in total. The molecule has 0 atom stereocenters. The second kappa shape index (κ2) is 5.85. The number of hydrogen-bond acceptors (Lipinski definition) is 2. The van der Waals surface area contributed by atoms with Crippen molar-refractivity contribution in [3.8, 4) is 0 Å². The summed E-state index contributed by atoms with van der Waals surface area (Å²) in [5.74, 6) is 0.956. The van der Waals surface area contributed by atoms with E-state index < -0.39 is 0 Å². The molecule has 1 fully saturated rings. The maximum absolute atomic E-state index is 4.33. The Morgan fingerprint density at radius 2 is 2.06 bits per heavy atom. The molecule has 0 unspecified atom stereocenters. The van der Waals surface area contributed by atoms with Gasteiger partial charge >= 0.3 is 0 Å². The van der Waals surface area contributed by atoms with Crippen LogP contribution in [0.2, 0.25) is 0 Å². The smallest absolute Gasteiger partial charge is 0.109 e. The normalized spacial score (nSPS) is 24.6. The van der Waals surface area contributed by atoms with Gasteiger partial charge in [0.25, 0.3) is 0 Å². The molecule has 1 aliphatic rings. The molecule has 17 heavy (non-hydrogen) atoms. The van der Waals surface area contributed by atoms with Crippen molar-refractivity contribution >= 4 is 21.6 Å². The van der Waals surface area contributed by atoms with Gasteiger partial charge < -0.3 is 5.32 Å². The Balaban J connectivity index is 1.91. The molecule has 0 bridgehead atoms. The zero-order chi connectivity index (χ0) is 12.3. The minimum atomic E-state index is 0.639. The maximum atomic E-state index is 4.33. The number of pyridine rings is 1. The number of nitrogens with zero attached hydrogens (tertiary/aromatic N) is 1. The molecule has 1 aromatic heterocycles. The first-order valence-electron chi connectivity index (χ1n) is 6.57. The van der Waals surface area contributed by atoms with E-state index in [0.717, 1.165) is 16.2 Å². The van der Waals surface area contributed by atoms with Gasteiger partial charge in [-0.25, -0.2) is 4.98 Å². The summed E-state index contributed by atoms with van der Waals surface area (Å²) >= 11 is 3.43. The van der Waals surface area contributed by atoms with Crippen molar-refractivity contribution in [1.82, 2.24) is 4.98 Å². The molecule has 0 aromatic carbocycles. The highest BCUT2D eigenvalue weighted by atomic mass is 79.9. The molecule has 0 saturated heterocycles. The third-order valence-electron chi connectivity index (χ3n) is 3.81. The fourth-order valence-electron chi connectivity index (χ4n) is 2.59. The lowest BCUT2D eigenvalue weighted by atomic mass is 9.84. The van der Waals surface area contributed by atoms with Gasteiger partial charge in [-0.3, -0.25) is 0 Å². The third-order valence-corrected chi connectivity index (χ3v) is 4.64. The van der Waals surface area contributed by atoms with E-state index in [1.807, 2.05) is 6.20 Å². The van der Waals surface area contributed by atoms with Crippen LogP contribution in [0.25, 0.3) is 0 Å². The van der Waals surface area contributed by atoms with E-state index in [2.05, 4.69) is 46.1 Å². The summed E-state index contributed by atoms with van der Waals surface area (Å²) in [6, 6.07) is 2.81. The van der Waals surface area contributed by atoms with Crippen molar-refractivity contribution in [1.29, 1.82) is 0 Å². The van der Waals surface area contributed by atoms with Crippen LogP contribution in [0.1, 0.15) is 44.6 Å². The highest BCUT2D eigenvalue weighted by Crippen LogP contribution is 2.28. The van der Waals surface area contributed by atoms with Gasteiger partial charge in [-0.15, -0.1) is 0 Å². The van der Waals surface area contributed by atoms with E-state index in [1.165, 1.54) is 37.7 Å². The van der Waals surface area contributed by atoms with Crippen LogP contribution in [0.4, 0.5) is 5.69 Å². The van der Waals surface area contributed by atoms with E-state index in [-0.39, 0.29) is 0 Å². The first kappa shape index (κ1) is 12.9. The molecule has 1 saturated carbocycles. The number of aromatic nitrogens is 1. The quantitative estimate of drug-likeness (QED) is 0.829. The van der Waals surface area contributed by atoms with Gasteiger partial charge in [0.1, 0.15) is 4.60 Å². The highest BCUT2D eigenvalue weighted by molar-refractivity contribution is 9.10. The van der Waals surface area contributed by atoms with Crippen LogP contribution in [0.5, 0.6) is 0 Å². The van der Waals surface area contributed by atoms with Crippen molar-refractivity contribution in [2.45, 2.75) is 52.0 Å². The summed E-state index contributed by atoms with van der Waals surface area (Å²) in [4.78, 5) is 4.33. The van der Waals surface area contributed by atoms with Crippen molar-refractivity contribution < 1.29 is 0 Å². The lowest BCUT2D eigenvalue weighted by Crippen LogP contribution is -2.25. The average Bonchev–Trinajstić information content (AvgIpc) is 2.35. The third kappa shape index (κ3) is 3.44.